The van der Waals surface area contributed by atoms with Crippen molar-refractivity contribution in [3.8, 4) is 0 Å². The second kappa shape index (κ2) is 7.61. The minimum absolute atomic E-state index is 0.175. The Bertz CT molecular complexity index is 653. The normalized spacial score (nSPS) is 18.8. The van der Waals surface area contributed by atoms with E-state index in [-0.39, 0.29) is 5.91 Å². The molecule has 0 radical (unpaired) electrons. The van der Waals surface area contributed by atoms with Gasteiger partial charge < -0.3 is 13.8 Å². The highest BCUT2D eigenvalue weighted by Gasteiger charge is 2.24. The lowest BCUT2D eigenvalue weighted by molar-refractivity contribution is -0.130. The maximum atomic E-state index is 12.4. The Labute approximate surface area is 141 Å². The van der Waals surface area contributed by atoms with Crippen LogP contribution in [0.3, 0.4) is 0 Å². The number of hydrogen-bond donors (Lipinski definition) is 0. The number of nitrogens with zero attached hydrogens (tertiary/aromatic N) is 4. The third-order valence-corrected chi connectivity index (χ3v) is 4.57. The Hall–Kier alpha value is -2.15. The van der Waals surface area contributed by atoms with E-state index in [2.05, 4.69) is 22.1 Å². The highest BCUT2D eigenvalue weighted by molar-refractivity contribution is 5.78. The quantitative estimate of drug-likeness (QED) is 0.834. The van der Waals surface area contributed by atoms with E-state index in [1.807, 2.05) is 11.0 Å². The topological polar surface area (TPSA) is 75.6 Å². The first-order chi connectivity index (χ1) is 11.6. The summed E-state index contributed by atoms with van der Waals surface area (Å²) in [5.41, 5.74) is 0.936. The fourth-order valence-electron chi connectivity index (χ4n) is 3.21. The minimum atomic E-state index is 0.175. The summed E-state index contributed by atoms with van der Waals surface area (Å²) in [6, 6.07) is 2.27. The third kappa shape index (κ3) is 4.23. The summed E-state index contributed by atoms with van der Waals surface area (Å²) in [6.07, 6.45) is 6.71. The van der Waals surface area contributed by atoms with E-state index in [0.717, 1.165) is 37.9 Å². The number of likely N-dealkylation sites (tertiary alicyclic amines) is 1. The minimum Gasteiger partial charge on any atom is -0.472 e. The smallest absolute Gasteiger partial charge is 0.227 e. The zero-order valence-corrected chi connectivity index (χ0v) is 14.3. The molecule has 2 aromatic heterocycles. The molecule has 130 valence electrons. The highest BCUT2D eigenvalue weighted by atomic mass is 16.5. The Morgan fingerprint density at radius 3 is 3.00 bits per heavy atom. The SMILES string of the molecule is Cc1nc(CN(C)C2CCCN(C(=O)Cc3ccoc3)CC2)no1. The van der Waals surface area contributed by atoms with E-state index >= 15 is 0 Å². The lowest BCUT2D eigenvalue weighted by atomic mass is 10.1. The van der Waals surface area contributed by atoms with Gasteiger partial charge in [-0.2, -0.15) is 4.98 Å². The molecule has 0 aromatic carbocycles. The van der Waals surface area contributed by atoms with Crippen LogP contribution in [0.4, 0.5) is 0 Å². The molecular formula is C17H24N4O3. The molecule has 3 rings (SSSR count). The van der Waals surface area contributed by atoms with Crippen LogP contribution in [0.1, 0.15) is 36.5 Å². The number of rotatable bonds is 5. The summed E-state index contributed by atoms with van der Waals surface area (Å²) >= 11 is 0. The molecule has 0 aliphatic carbocycles. The monoisotopic (exact) mass is 332 g/mol. The number of amides is 1. The molecule has 1 unspecified atom stereocenters. The van der Waals surface area contributed by atoms with Gasteiger partial charge in [0, 0.05) is 26.1 Å². The van der Waals surface area contributed by atoms with Gasteiger partial charge in [0.1, 0.15) is 0 Å². The van der Waals surface area contributed by atoms with E-state index in [9.17, 15) is 4.79 Å². The maximum absolute atomic E-state index is 12.4. The van der Waals surface area contributed by atoms with Crippen LogP contribution < -0.4 is 0 Å². The lowest BCUT2D eigenvalue weighted by Crippen LogP contribution is -2.35. The van der Waals surface area contributed by atoms with Gasteiger partial charge in [0.05, 0.1) is 25.5 Å². The molecule has 1 aliphatic heterocycles. The van der Waals surface area contributed by atoms with Gasteiger partial charge in [0.25, 0.3) is 0 Å². The van der Waals surface area contributed by atoms with Crippen molar-refractivity contribution in [2.24, 2.45) is 0 Å². The highest BCUT2D eigenvalue weighted by Crippen LogP contribution is 2.18. The summed E-state index contributed by atoms with van der Waals surface area (Å²) < 4.78 is 10.1. The first-order valence-electron chi connectivity index (χ1n) is 8.40. The molecule has 3 heterocycles. The number of carbonyl (C=O) groups excluding carboxylic acids is 1. The first-order valence-corrected chi connectivity index (χ1v) is 8.40. The van der Waals surface area contributed by atoms with Crippen LogP contribution >= 0.6 is 0 Å². The van der Waals surface area contributed by atoms with Crippen LogP contribution in [0.25, 0.3) is 0 Å². The lowest BCUT2D eigenvalue weighted by Gasteiger charge is -2.26. The number of aromatic nitrogens is 2. The fraction of sp³-hybridized carbons (Fsp3) is 0.588. The zero-order valence-electron chi connectivity index (χ0n) is 14.3. The van der Waals surface area contributed by atoms with Gasteiger partial charge in [-0.05, 0) is 37.9 Å². The van der Waals surface area contributed by atoms with Gasteiger partial charge in [-0.3, -0.25) is 9.69 Å². The van der Waals surface area contributed by atoms with E-state index < -0.39 is 0 Å². The molecule has 0 N–H and O–H groups in total. The fourth-order valence-corrected chi connectivity index (χ4v) is 3.21. The van der Waals surface area contributed by atoms with E-state index in [4.69, 9.17) is 8.94 Å². The predicted octanol–water partition coefficient (Wildman–Crippen LogP) is 2.03. The molecule has 1 fully saturated rings. The van der Waals surface area contributed by atoms with Crippen molar-refractivity contribution in [2.45, 2.75) is 45.2 Å². The molecule has 1 atom stereocenters. The number of hydrogen-bond acceptors (Lipinski definition) is 6. The maximum Gasteiger partial charge on any atom is 0.227 e. The van der Waals surface area contributed by atoms with Crippen molar-refractivity contribution in [3.05, 3.63) is 35.9 Å². The van der Waals surface area contributed by atoms with E-state index in [1.165, 1.54) is 0 Å². The van der Waals surface area contributed by atoms with Gasteiger partial charge in [0.2, 0.25) is 11.8 Å². The molecule has 1 aliphatic rings. The van der Waals surface area contributed by atoms with Crippen LogP contribution in [0.2, 0.25) is 0 Å². The number of furan rings is 1. The Kier molecular flexibility index (Phi) is 5.30. The van der Waals surface area contributed by atoms with Crippen molar-refractivity contribution in [1.82, 2.24) is 19.9 Å². The molecule has 0 spiro atoms. The van der Waals surface area contributed by atoms with Crippen molar-refractivity contribution < 1.29 is 13.7 Å². The third-order valence-electron chi connectivity index (χ3n) is 4.57. The molecule has 1 amide bonds. The number of carbonyl (C=O) groups is 1. The van der Waals surface area contributed by atoms with E-state index in [0.29, 0.717) is 30.7 Å². The average molecular weight is 332 g/mol. The summed E-state index contributed by atoms with van der Waals surface area (Å²) in [5, 5.41) is 3.96. The van der Waals surface area contributed by atoms with Gasteiger partial charge in [0.15, 0.2) is 5.82 Å². The Morgan fingerprint density at radius 1 is 1.42 bits per heavy atom. The Balaban J connectivity index is 1.51. The zero-order chi connectivity index (χ0) is 16.9. The van der Waals surface area contributed by atoms with E-state index in [1.54, 1.807) is 19.5 Å². The molecule has 0 bridgehead atoms. The van der Waals surface area contributed by atoms with Gasteiger partial charge >= 0.3 is 0 Å². The summed E-state index contributed by atoms with van der Waals surface area (Å²) in [5.74, 6) is 1.48. The summed E-state index contributed by atoms with van der Waals surface area (Å²) in [6.45, 7) is 4.08. The van der Waals surface area contributed by atoms with Crippen molar-refractivity contribution in [1.29, 1.82) is 0 Å². The second-order valence-corrected chi connectivity index (χ2v) is 6.42. The second-order valence-electron chi connectivity index (χ2n) is 6.42. The van der Waals surface area contributed by atoms with Crippen LogP contribution in [-0.2, 0) is 17.8 Å². The summed E-state index contributed by atoms with van der Waals surface area (Å²) in [4.78, 5) is 20.9. The van der Waals surface area contributed by atoms with Crippen LogP contribution in [0.5, 0.6) is 0 Å². The molecular weight excluding hydrogens is 308 g/mol. The average Bonchev–Trinajstić information content (AvgIpc) is 3.12. The molecule has 24 heavy (non-hydrogen) atoms. The predicted molar refractivity (Wildman–Crippen MR) is 87.1 cm³/mol. The molecule has 7 nitrogen and oxygen atoms in total. The Morgan fingerprint density at radius 2 is 2.29 bits per heavy atom. The standard InChI is InChI=1S/C17H24N4O3/c1-13-18-16(19-24-13)11-20(2)15-4-3-7-21(8-5-15)17(22)10-14-6-9-23-12-14/h6,9,12,15H,3-5,7-8,10-11H2,1-2H3. The number of aryl methyl sites for hydroxylation is 1. The van der Waals surface area contributed by atoms with Crippen molar-refractivity contribution in [2.75, 3.05) is 20.1 Å². The first kappa shape index (κ1) is 16.7. The van der Waals surface area contributed by atoms with Crippen LogP contribution in [0.15, 0.2) is 27.5 Å². The summed E-state index contributed by atoms with van der Waals surface area (Å²) in [7, 11) is 2.08. The molecule has 7 heteroatoms. The van der Waals surface area contributed by atoms with Crippen molar-refractivity contribution in [3.63, 3.8) is 0 Å². The molecule has 0 saturated carbocycles. The van der Waals surface area contributed by atoms with Crippen molar-refractivity contribution >= 4 is 5.91 Å². The van der Waals surface area contributed by atoms with Gasteiger partial charge in [-0.25, -0.2) is 0 Å². The largest absolute Gasteiger partial charge is 0.472 e. The van der Waals surface area contributed by atoms with Crippen LogP contribution in [0, 0.1) is 6.92 Å². The van der Waals surface area contributed by atoms with Gasteiger partial charge in [-0.1, -0.05) is 5.16 Å². The van der Waals surface area contributed by atoms with Crippen LogP contribution in [-0.4, -0.2) is 52.0 Å². The van der Waals surface area contributed by atoms with Gasteiger partial charge in [-0.15, -0.1) is 0 Å². The molecule has 1 saturated heterocycles. The molecule has 2 aromatic rings.